The molecule has 1 unspecified atom stereocenters. The monoisotopic (exact) mass is 202 g/mol. The maximum Gasteiger partial charge on any atom is 0.141 e. The van der Waals surface area contributed by atoms with Gasteiger partial charge >= 0.3 is 0 Å². The van der Waals surface area contributed by atoms with Crippen molar-refractivity contribution in [3.05, 3.63) is 34.6 Å². The SMILES string of the molecule is CNCC(N)c1ccc(F)c(Cl)c1. The lowest BCUT2D eigenvalue weighted by atomic mass is 10.1. The zero-order valence-corrected chi connectivity index (χ0v) is 8.11. The minimum Gasteiger partial charge on any atom is -0.323 e. The highest BCUT2D eigenvalue weighted by Crippen LogP contribution is 2.19. The lowest BCUT2D eigenvalue weighted by Crippen LogP contribution is -2.23. The summed E-state index contributed by atoms with van der Waals surface area (Å²) >= 11 is 5.61. The molecule has 1 aromatic carbocycles. The molecule has 4 heteroatoms. The first-order valence-electron chi connectivity index (χ1n) is 4.00. The maximum atomic E-state index is 12.8. The fourth-order valence-electron chi connectivity index (χ4n) is 1.08. The van der Waals surface area contributed by atoms with Crippen LogP contribution >= 0.6 is 11.6 Å². The molecule has 1 atom stereocenters. The van der Waals surface area contributed by atoms with Gasteiger partial charge in [-0.2, -0.15) is 0 Å². The predicted molar refractivity (Wildman–Crippen MR) is 52.3 cm³/mol. The quantitative estimate of drug-likeness (QED) is 0.783. The van der Waals surface area contributed by atoms with Crippen LogP contribution in [0.3, 0.4) is 0 Å². The van der Waals surface area contributed by atoms with Crippen LogP contribution in [0.2, 0.25) is 5.02 Å². The van der Waals surface area contributed by atoms with Gasteiger partial charge in [0, 0.05) is 12.6 Å². The van der Waals surface area contributed by atoms with Gasteiger partial charge in [0.15, 0.2) is 0 Å². The topological polar surface area (TPSA) is 38.0 Å². The van der Waals surface area contributed by atoms with E-state index >= 15 is 0 Å². The Morgan fingerprint density at radius 1 is 1.62 bits per heavy atom. The molecule has 0 amide bonds. The number of hydrogen-bond donors (Lipinski definition) is 2. The summed E-state index contributed by atoms with van der Waals surface area (Å²) < 4.78 is 12.8. The van der Waals surface area contributed by atoms with Crippen LogP contribution in [0, 0.1) is 5.82 Å². The van der Waals surface area contributed by atoms with Crippen LogP contribution in [-0.2, 0) is 0 Å². The molecule has 0 heterocycles. The number of likely N-dealkylation sites (N-methyl/N-ethyl adjacent to an activating group) is 1. The maximum absolute atomic E-state index is 12.8. The van der Waals surface area contributed by atoms with Gasteiger partial charge < -0.3 is 11.1 Å². The number of benzene rings is 1. The van der Waals surface area contributed by atoms with Crippen LogP contribution in [0.15, 0.2) is 18.2 Å². The Bertz CT molecular complexity index is 291. The lowest BCUT2D eigenvalue weighted by molar-refractivity contribution is 0.620. The molecule has 2 nitrogen and oxygen atoms in total. The van der Waals surface area contributed by atoms with Crippen LogP contribution < -0.4 is 11.1 Å². The van der Waals surface area contributed by atoms with E-state index in [-0.39, 0.29) is 11.1 Å². The lowest BCUT2D eigenvalue weighted by Gasteiger charge is -2.11. The summed E-state index contributed by atoms with van der Waals surface area (Å²) in [4.78, 5) is 0. The van der Waals surface area contributed by atoms with Crippen molar-refractivity contribution in [2.45, 2.75) is 6.04 Å². The minimum absolute atomic E-state index is 0.115. The third kappa shape index (κ3) is 2.66. The van der Waals surface area contributed by atoms with E-state index in [1.54, 1.807) is 12.1 Å². The Kier molecular flexibility index (Phi) is 3.66. The van der Waals surface area contributed by atoms with Crippen molar-refractivity contribution in [2.24, 2.45) is 5.73 Å². The Balaban J connectivity index is 2.84. The van der Waals surface area contributed by atoms with Crippen LogP contribution in [0.5, 0.6) is 0 Å². The molecule has 0 aliphatic carbocycles. The van der Waals surface area contributed by atoms with Gasteiger partial charge in [0.2, 0.25) is 0 Å². The van der Waals surface area contributed by atoms with Gasteiger partial charge in [0.25, 0.3) is 0 Å². The third-order valence-corrected chi connectivity index (χ3v) is 2.09. The Labute approximate surface area is 81.9 Å². The second-order valence-electron chi connectivity index (χ2n) is 2.84. The van der Waals surface area contributed by atoms with Gasteiger partial charge in [-0.05, 0) is 24.7 Å². The first-order valence-corrected chi connectivity index (χ1v) is 4.38. The molecule has 0 aliphatic rings. The van der Waals surface area contributed by atoms with Crippen LogP contribution in [0.25, 0.3) is 0 Å². The molecule has 3 N–H and O–H groups in total. The fraction of sp³-hybridized carbons (Fsp3) is 0.333. The highest BCUT2D eigenvalue weighted by Gasteiger charge is 2.07. The summed E-state index contributed by atoms with van der Waals surface area (Å²) in [6.07, 6.45) is 0. The van der Waals surface area contributed by atoms with Crippen LogP contribution in [0.1, 0.15) is 11.6 Å². The summed E-state index contributed by atoms with van der Waals surface area (Å²) in [5, 5.41) is 3.05. The second kappa shape index (κ2) is 4.56. The number of nitrogens with two attached hydrogens (primary N) is 1. The molecule has 0 spiro atoms. The van der Waals surface area contributed by atoms with Crippen molar-refractivity contribution in [2.75, 3.05) is 13.6 Å². The second-order valence-corrected chi connectivity index (χ2v) is 3.24. The molecule has 13 heavy (non-hydrogen) atoms. The van der Waals surface area contributed by atoms with Crippen molar-refractivity contribution in [1.82, 2.24) is 5.32 Å². The highest BCUT2D eigenvalue weighted by molar-refractivity contribution is 6.30. The molecule has 0 aliphatic heterocycles. The molecular formula is C9H12ClFN2. The van der Waals surface area contributed by atoms with E-state index in [2.05, 4.69) is 5.32 Å². The van der Waals surface area contributed by atoms with E-state index in [0.29, 0.717) is 6.54 Å². The molecule has 0 saturated heterocycles. The zero-order chi connectivity index (χ0) is 9.84. The molecule has 0 radical (unpaired) electrons. The number of nitrogens with one attached hydrogen (secondary N) is 1. The van der Waals surface area contributed by atoms with E-state index < -0.39 is 5.82 Å². The van der Waals surface area contributed by atoms with Gasteiger partial charge in [-0.3, -0.25) is 0 Å². The van der Waals surface area contributed by atoms with Crippen LogP contribution in [0.4, 0.5) is 4.39 Å². The van der Waals surface area contributed by atoms with Crippen LogP contribution in [-0.4, -0.2) is 13.6 Å². The normalized spacial score (nSPS) is 12.9. The van der Waals surface area contributed by atoms with Crippen molar-refractivity contribution in [1.29, 1.82) is 0 Å². The Morgan fingerprint density at radius 2 is 2.31 bits per heavy atom. The van der Waals surface area contributed by atoms with Crippen molar-refractivity contribution in [3.8, 4) is 0 Å². The van der Waals surface area contributed by atoms with Crippen molar-refractivity contribution >= 4 is 11.6 Å². The fourth-order valence-corrected chi connectivity index (χ4v) is 1.27. The average molecular weight is 203 g/mol. The number of hydrogen-bond acceptors (Lipinski definition) is 2. The molecule has 0 fully saturated rings. The molecule has 1 aromatic rings. The minimum atomic E-state index is -0.415. The van der Waals surface area contributed by atoms with E-state index in [0.717, 1.165) is 5.56 Å². The van der Waals surface area contributed by atoms with Gasteiger partial charge in [0.1, 0.15) is 5.82 Å². The van der Waals surface area contributed by atoms with Gasteiger partial charge in [-0.1, -0.05) is 17.7 Å². The first-order chi connectivity index (χ1) is 6.15. The summed E-state index contributed by atoms with van der Waals surface area (Å²) in [6.45, 7) is 0.641. The van der Waals surface area contributed by atoms with E-state index in [1.165, 1.54) is 6.07 Å². The molecule has 1 rings (SSSR count). The molecule has 0 bridgehead atoms. The summed E-state index contributed by atoms with van der Waals surface area (Å²) in [7, 11) is 1.81. The molecule has 72 valence electrons. The van der Waals surface area contributed by atoms with Gasteiger partial charge in [0.05, 0.1) is 5.02 Å². The molecule has 0 aromatic heterocycles. The molecular weight excluding hydrogens is 191 g/mol. The predicted octanol–water partition coefficient (Wildman–Crippen LogP) is 1.70. The number of rotatable bonds is 3. The Hall–Kier alpha value is -0.640. The standard InChI is InChI=1S/C9H12ClFN2/c1-13-5-9(12)6-2-3-8(11)7(10)4-6/h2-4,9,13H,5,12H2,1H3. The van der Waals surface area contributed by atoms with E-state index in [9.17, 15) is 4.39 Å². The van der Waals surface area contributed by atoms with E-state index in [1.807, 2.05) is 7.05 Å². The van der Waals surface area contributed by atoms with Gasteiger partial charge in [-0.25, -0.2) is 4.39 Å². The third-order valence-electron chi connectivity index (χ3n) is 1.80. The summed E-state index contributed by atoms with van der Waals surface area (Å²) in [5.74, 6) is -0.415. The summed E-state index contributed by atoms with van der Waals surface area (Å²) in [6, 6.07) is 4.37. The van der Waals surface area contributed by atoms with Gasteiger partial charge in [-0.15, -0.1) is 0 Å². The molecule has 0 saturated carbocycles. The Morgan fingerprint density at radius 3 is 2.85 bits per heavy atom. The van der Waals surface area contributed by atoms with E-state index in [4.69, 9.17) is 17.3 Å². The number of halogens is 2. The summed E-state index contributed by atoms with van der Waals surface area (Å²) in [5.41, 5.74) is 6.61. The average Bonchev–Trinajstić information content (AvgIpc) is 2.10. The highest BCUT2D eigenvalue weighted by atomic mass is 35.5. The smallest absolute Gasteiger partial charge is 0.141 e. The first kappa shape index (κ1) is 10.4. The zero-order valence-electron chi connectivity index (χ0n) is 7.35. The largest absolute Gasteiger partial charge is 0.323 e. The van der Waals surface area contributed by atoms with Crippen molar-refractivity contribution in [3.63, 3.8) is 0 Å². The van der Waals surface area contributed by atoms with Crippen molar-refractivity contribution < 1.29 is 4.39 Å².